The third kappa shape index (κ3) is 5.88. The largest absolute Gasteiger partial charge is 0.364 e. The van der Waals surface area contributed by atoms with Gasteiger partial charge in [0, 0.05) is 30.7 Å². The second-order valence-electron chi connectivity index (χ2n) is 10.2. The molecule has 1 aliphatic heterocycles. The molecule has 2 aromatic heterocycles. The fourth-order valence-electron chi connectivity index (χ4n) is 4.28. The Hall–Kier alpha value is -2.65. The van der Waals surface area contributed by atoms with Gasteiger partial charge in [0.15, 0.2) is 5.82 Å². The molecule has 0 aliphatic carbocycles. The number of likely N-dealkylation sites (tertiary alicyclic amines) is 1. The summed E-state index contributed by atoms with van der Waals surface area (Å²) in [4.78, 5) is 22.6. The molecule has 34 heavy (non-hydrogen) atoms. The van der Waals surface area contributed by atoms with Crippen LogP contribution < -0.4 is 15.5 Å². The Labute approximate surface area is 206 Å². The van der Waals surface area contributed by atoms with E-state index in [0.717, 1.165) is 33.6 Å². The molecule has 1 atom stereocenters. The topological polar surface area (TPSA) is 77.8 Å². The van der Waals surface area contributed by atoms with Gasteiger partial charge in [0.25, 0.3) is 0 Å². The molecule has 1 aliphatic rings. The summed E-state index contributed by atoms with van der Waals surface area (Å²) in [6.45, 7) is 11.9. The van der Waals surface area contributed by atoms with Crippen molar-refractivity contribution >= 4 is 33.2 Å². The smallest absolute Gasteiger partial charge is 0.239 e. The van der Waals surface area contributed by atoms with Crippen molar-refractivity contribution in [3.8, 4) is 11.3 Å². The minimum atomic E-state index is -0.152. The fraction of sp³-hybridized carbons (Fsp3) is 0.560. The van der Waals surface area contributed by atoms with Crippen molar-refractivity contribution in [3.63, 3.8) is 0 Å². The number of hydrogen-bond acceptors (Lipinski definition) is 7. The number of hydrogen-bond donors (Lipinski definition) is 2. The lowest BCUT2D eigenvalue weighted by Crippen LogP contribution is -2.38. The maximum absolute atomic E-state index is 12.6. The third-order valence-electron chi connectivity index (χ3n) is 6.09. The van der Waals surface area contributed by atoms with Crippen LogP contribution in [-0.4, -0.2) is 70.2 Å². The van der Waals surface area contributed by atoms with Gasteiger partial charge in [-0.25, -0.2) is 4.98 Å². The van der Waals surface area contributed by atoms with Gasteiger partial charge in [-0.05, 0) is 60.0 Å². The van der Waals surface area contributed by atoms with E-state index in [-0.39, 0.29) is 18.0 Å². The number of carbonyl (C=O) groups excluding carboxylic acids is 1. The van der Waals surface area contributed by atoms with Crippen LogP contribution in [0.3, 0.4) is 0 Å². The molecule has 1 saturated heterocycles. The molecule has 0 bridgehead atoms. The first-order chi connectivity index (χ1) is 16.2. The SMILES string of the molecule is C[C@@H](CCNC(=O)CN(C)c1nn2c(NC(C)(C)C)c(-c3ccccc3)nc2s1)N1CCCC1. The van der Waals surface area contributed by atoms with Gasteiger partial charge in [-0.1, -0.05) is 41.7 Å². The Morgan fingerprint density at radius 1 is 1.21 bits per heavy atom. The average Bonchev–Trinajstić information content (AvgIpc) is 3.51. The van der Waals surface area contributed by atoms with Crippen LogP contribution >= 0.6 is 11.3 Å². The van der Waals surface area contributed by atoms with Crippen molar-refractivity contribution in [3.05, 3.63) is 30.3 Å². The molecule has 8 nitrogen and oxygen atoms in total. The molecule has 3 aromatic rings. The van der Waals surface area contributed by atoms with E-state index >= 15 is 0 Å². The number of nitrogens with one attached hydrogen (secondary N) is 2. The predicted octanol–water partition coefficient (Wildman–Crippen LogP) is 4.10. The lowest BCUT2D eigenvalue weighted by Gasteiger charge is -2.24. The predicted molar refractivity (Wildman–Crippen MR) is 141 cm³/mol. The molecular weight excluding hydrogens is 446 g/mol. The van der Waals surface area contributed by atoms with Crippen LogP contribution in [0.4, 0.5) is 10.9 Å². The highest BCUT2D eigenvalue weighted by Crippen LogP contribution is 2.34. The van der Waals surface area contributed by atoms with Gasteiger partial charge in [0.1, 0.15) is 5.69 Å². The summed E-state index contributed by atoms with van der Waals surface area (Å²) in [5.41, 5.74) is 1.78. The van der Waals surface area contributed by atoms with Gasteiger partial charge >= 0.3 is 0 Å². The first-order valence-electron chi connectivity index (χ1n) is 12.2. The molecule has 0 saturated carbocycles. The number of benzene rings is 1. The van der Waals surface area contributed by atoms with E-state index in [1.807, 2.05) is 34.7 Å². The summed E-state index contributed by atoms with van der Waals surface area (Å²) < 4.78 is 1.86. The number of carbonyl (C=O) groups is 1. The summed E-state index contributed by atoms with van der Waals surface area (Å²) in [6, 6.07) is 10.7. The van der Waals surface area contributed by atoms with E-state index in [1.54, 1.807) is 0 Å². The normalized spacial score (nSPS) is 15.6. The summed E-state index contributed by atoms with van der Waals surface area (Å²) in [6.07, 6.45) is 3.56. The van der Waals surface area contributed by atoms with Gasteiger partial charge in [0.05, 0.1) is 6.54 Å². The van der Waals surface area contributed by atoms with E-state index in [0.29, 0.717) is 12.6 Å². The Bertz CT molecular complexity index is 1100. The van der Waals surface area contributed by atoms with Crippen molar-refractivity contribution in [2.75, 3.05) is 43.4 Å². The third-order valence-corrected chi connectivity index (χ3v) is 7.11. The monoisotopic (exact) mass is 483 g/mol. The summed E-state index contributed by atoms with van der Waals surface area (Å²) in [5, 5.41) is 12.2. The van der Waals surface area contributed by atoms with E-state index in [1.165, 1.54) is 37.3 Å². The molecule has 2 N–H and O–H groups in total. The van der Waals surface area contributed by atoms with E-state index in [2.05, 4.69) is 55.4 Å². The van der Waals surface area contributed by atoms with Crippen molar-refractivity contribution in [2.24, 2.45) is 0 Å². The van der Waals surface area contributed by atoms with Gasteiger partial charge in [-0.15, -0.1) is 5.10 Å². The average molecular weight is 484 g/mol. The lowest BCUT2D eigenvalue weighted by molar-refractivity contribution is -0.119. The van der Waals surface area contributed by atoms with Crippen molar-refractivity contribution in [1.82, 2.24) is 24.8 Å². The Morgan fingerprint density at radius 2 is 1.91 bits per heavy atom. The van der Waals surface area contributed by atoms with Crippen LogP contribution in [0.1, 0.15) is 47.0 Å². The molecular formula is C25H37N7OS. The van der Waals surface area contributed by atoms with E-state index in [9.17, 15) is 4.79 Å². The molecule has 3 heterocycles. The number of aromatic nitrogens is 3. The number of rotatable bonds is 9. The van der Waals surface area contributed by atoms with Crippen LogP contribution in [0.5, 0.6) is 0 Å². The minimum absolute atomic E-state index is 0.0157. The highest BCUT2D eigenvalue weighted by molar-refractivity contribution is 7.20. The number of likely N-dealkylation sites (N-methyl/N-ethyl adjacent to an activating group) is 1. The second kappa shape index (κ2) is 10.3. The lowest BCUT2D eigenvalue weighted by atomic mass is 10.1. The maximum Gasteiger partial charge on any atom is 0.239 e. The van der Waals surface area contributed by atoms with Gasteiger partial charge in [-0.3, -0.25) is 4.79 Å². The second-order valence-corrected chi connectivity index (χ2v) is 11.2. The highest BCUT2D eigenvalue weighted by Gasteiger charge is 2.23. The highest BCUT2D eigenvalue weighted by atomic mass is 32.1. The Balaban J connectivity index is 1.43. The molecule has 0 spiro atoms. The van der Waals surface area contributed by atoms with Crippen LogP contribution in [0.15, 0.2) is 30.3 Å². The number of fused-ring (bicyclic) bond motifs is 1. The molecule has 0 radical (unpaired) electrons. The first-order valence-corrected chi connectivity index (χ1v) is 13.0. The Kier molecular flexibility index (Phi) is 7.42. The van der Waals surface area contributed by atoms with Crippen LogP contribution in [0.25, 0.3) is 16.2 Å². The molecule has 9 heteroatoms. The number of anilines is 2. The zero-order valence-electron chi connectivity index (χ0n) is 21.0. The molecule has 1 aromatic carbocycles. The number of amides is 1. The van der Waals surface area contributed by atoms with Crippen molar-refractivity contribution in [2.45, 2.75) is 58.5 Å². The first kappa shape index (κ1) is 24.5. The molecule has 184 valence electrons. The van der Waals surface area contributed by atoms with Gasteiger partial charge in [0.2, 0.25) is 16.0 Å². The molecule has 4 rings (SSSR count). The van der Waals surface area contributed by atoms with Crippen LogP contribution in [-0.2, 0) is 4.79 Å². The standard InChI is InChI=1S/C25H37N7OS/c1-18(31-15-9-10-16-31)13-14-26-20(33)17-30(5)24-29-32-22(28-25(2,3)4)21(27-23(32)34-24)19-11-7-6-8-12-19/h6-8,11-12,18,28H,9-10,13-17H2,1-5H3,(H,26,33)/t18-/m0/s1. The Morgan fingerprint density at radius 3 is 2.59 bits per heavy atom. The van der Waals surface area contributed by atoms with E-state index in [4.69, 9.17) is 10.1 Å². The zero-order chi connectivity index (χ0) is 24.3. The van der Waals surface area contributed by atoms with Crippen LogP contribution in [0.2, 0.25) is 0 Å². The maximum atomic E-state index is 12.6. The molecule has 0 unspecified atom stereocenters. The number of imidazole rings is 1. The van der Waals surface area contributed by atoms with Crippen LogP contribution in [0, 0.1) is 0 Å². The quantitative estimate of drug-likeness (QED) is 0.477. The van der Waals surface area contributed by atoms with Gasteiger partial charge in [-0.2, -0.15) is 4.52 Å². The summed E-state index contributed by atoms with van der Waals surface area (Å²) in [7, 11) is 1.90. The summed E-state index contributed by atoms with van der Waals surface area (Å²) >= 11 is 1.49. The zero-order valence-corrected chi connectivity index (χ0v) is 21.8. The number of nitrogens with zero attached hydrogens (tertiary/aromatic N) is 5. The molecule has 1 fully saturated rings. The van der Waals surface area contributed by atoms with E-state index < -0.39 is 0 Å². The fourth-order valence-corrected chi connectivity index (χ4v) is 5.14. The molecule has 1 amide bonds. The van der Waals surface area contributed by atoms with Gasteiger partial charge < -0.3 is 20.4 Å². The minimum Gasteiger partial charge on any atom is -0.364 e. The van der Waals surface area contributed by atoms with Crippen molar-refractivity contribution in [1.29, 1.82) is 0 Å². The summed E-state index contributed by atoms with van der Waals surface area (Å²) in [5.74, 6) is 0.881. The van der Waals surface area contributed by atoms with Crippen molar-refractivity contribution < 1.29 is 4.79 Å².